The number of hydrogen-bond acceptors (Lipinski definition) is 4. The van der Waals surface area contributed by atoms with Crippen LogP contribution in [0.4, 0.5) is 5.69 Å². The Bertz CT molecular complexity index is 903. The van der Waals surface area contributed by atoms with Crippen LogP contribution in [-0.4, -0.2) is 25.5 Å². The SMILES string of the molecule is Cc1cc(C)n(CCC(=O)Nc2cnn(COc3cccc(Cl)c3)c2)n1. The second-order valence-electron chi connectivity index (χ2n) is 5.95. The number of aromatic nitrogens is 4. The fourth-order valence-corrected chi connectivity index (χ4v) is 2.71. The molecule has 136 valence electrons. The van der Waals surface area contributed by atoms with E-state index in [1.165, 1.54) is 0 Å². The highest BCUT2D eigenvalue weighted by Gasteiger charge is 2.07. The minimum absolute atomic E-state index is 0.0899. The molecule has 1 amide bonds. The summed E-state index contributed by atoms with van der Waals surface area (Å²) in [5.74, 6) is 0.566. The quantitative estimate of drug-likeness (QED) is 0.688. The van der Waals surface area contributed by atoms with Gasteiger partial charge in [-0.1, -0.05) is 17.7 Å². The van der Waals surface area contributed by atoms with Crippen LogP contribution >= 0.6 is 11.6 Å². The summed E-state index contributed by atoms with van der Waals surface area (Å²) in [7, 11) is 0. The molecule has 1 aromatic carbocycles. The van der Waals surface area contributed by atoms with Crippen LogP contribution in [0, 0.1) is 13.8 Å². The van der Waals surface area contributed by atoms with Gasteiger partial charge in [-0.05, 0) is 38.1 Å². The maximum absolute atomic E-state index is 12.1. The Labute approximate surface area is 156 Å². The van der Waals surface area contributed by atoms with Crippen molar-refractivity contribution in [1.82, 2.24) is 19.6 Å². The van der Waals surface area contributed by atoms with Gasteiger partial charge in [0.2, 0.25) is 5.91 Å². The zero-order valence-electron chi connectivity index (χ0n) is 14.6. The largest absolute Gasteiger partial charge is 0.471 e. The van der Waals surface area contributed by atoms with E-state index in [1.54, 1.807) is 29.2 Å². The molecular formula is C18H20ClN5O2. The van der Waals surface area contributed by atoms with E-state index in [0.29, 0.717) is 29.4 Å². The molecule has 2 heterocycles. The first-order valence-electron chi connectivity index (χ1n) is 8.21. The summed E-state index contributed by atoms with van der Waals surface area (Å²) in [6.45, 7) is 4.67. The average Bonchev–Trinajstić information content (AvgIpc) is 3.17. The maximum Gasteiger partial charge on any atom is 0.226 e. The van der Waals surface area contributed by atoms with Gasteiger partial charge < -0.3 is 10.1 Å². The van der Waals surface area contributed by atoms with Crippen LogP contribution in [0.2, 0.25) is 5.02 Å². The Morgan fingerprint density at radius 3 is 2.88 bits per heavy atom. The van der Waals surface area contributed by atoms with Crippen LogP contribution in [0.3, 0.4) is 0 Å². The molecule has 0 aliphatic carbocycles. The number of benzene rings is 1. The highest BCUT2D eigenvalue weighted by molar-refractivity contribution is 6.30. The summed E-state index contributed by atoms with van der Waals surface area (Å²) in [5, 5.41) is 12.0. The molecule has 7 nitrogen and oxygen atoms in total. The first kappa shape index (κ1) is 18.0. The molecule has 0 aliphatic rings. The Morgan fingerprint density at radius 2 is 2.15 bits per heavy atom. The predicted molar refractivity (Wildman–Crippen MR) is 99.3 cm³/mol. The van der Waals surface area contributed by atoms with Gasteiger partial charge in [-0.2, -0.15) is 10.2 Å². The number of carbonyl (C=O) groups excluding carboxylic acids is 1. The van der Waals surface area contributed by atoms with Crippen molar-refractivity contribution in [3.05, 3.63) is 59.1 Å². The van der Waals surface area contributed by atoms with E-state index in [0.717, 1.165) is 11.4 Å². The van der Waals surface area contributed by atoms with Gasteiger partial charge in [0.05, 0.1) is 23.8 Å². The van der Waals surface area contributed by atoms with Gasteiger partial charge in [0, 0.05) is 23.7 Å². The number of carbonyl (C=O) groups is 1. The molecule has 1 N–H and O–H groups in total. The number of hydrogen-bond donors (Lipinski definition) is 1. The topological polar surface area (TPSA) is 74.0 Å². The van der Waals surface area contributed by atoms with Crippen LogP contribution < -0.4 is 10.1 Å². The lowest BCUT2D eigenvalue weighted by molar-refractivity contribution is -0.116. The normalized spacial score (nSPS) is 10.7. The van der Waals surface area contributed by atoms with Gasteiger partial charge in [-0.15, -0.1) is 0 Å². The molecule has 0 radical (unpaired) electrons. The second kappa shape index (κ2) is 8.05. The smallest absolute Gasteiger partial charge is 0.226 e. The summed E-state index contributed by atoms with van der Waals surface area (Å²) in [5.41, 5.74) is 2.61. The number of ether oxygens (including phenoxy) is 1. The molecule has 0 saturated carbocycles. The second-order valence-corrected chi connectivity index (χ2v) is 6.38. The number of aryl methyl sites for hydroxylation is 3. The molecule has 0 unspecified atom stereocenters. The van der Waals surface area contributed by atoms with Crippen LogP contribution in [0.5, 0.6) is 5.75 Å². The van der Waals surface area contributed by atoms with Gasteiger partial charge in [-0.3, -0.25) is 9.48 Å². The summed E-state index contributed by atoms with van der Waals surface area (Å²) in [4.78, 5) is 12.1. The van der Waals surface area contributed by atoms with Crippen molar-refractivity contribution < 1.29 is 9.53 Å². The first-order valence-corrected chi connectivity index (χ1v) is 8.59. The molecule has 3 aromatic rings. The molecule has 0 bridgehead atoms. The lowest BCUT2D eigenvalue weighted by atomic mass is 10.3. The van der Waals surface area contributed by atoms with Crippen LogP contribution in [-0.2, 0) is 18.1 Å². The molecular weight excluding hydrogens is 354 g/mol. The van der Waals surface area contributed by atoms with Gasteiger partial charge in [0.15, 0.2) is 6.73 Å². The minimum atomic E-state index is -0.0899. The number of rotatable bonds is 7. The van der Waals surface area contributed by atoms with Crippen molar-refractivity contribution in [2.24, 2.45) is 0 Å². The Hall–Kier alpha value is -2.80. The van der Waals surface area contributed by atoms with Crippen molar-refractivity contribution in [1.29, 1.82) is 0 Å². The van der Waals surface area contributed by atoms with Crippen LogP contribution in [0.15, 0.2) is 42.7 Å². The Balaban J connectivity index is 1.48. The third-order valence-corrected chi connectivity index (χ3v) is 3.97. The number of halogens is 1. The van der Waals surface area contributed by atoms with Gasteiger partial charge in [-0.25, -0.2) is 4.68 Å². The van der Waals surface area contributed by atoms with E-state index in [2.05, 4.69) is 15.5 Å². The molecule has 0 spiro atoms. The fourth-order valence-electron chi connectivity index (χ4n) is 2.53. The highest BCUT2D eigenvalue weighted by atomic mass is 35.5. The highest BCUT2D eigenvalue weighted by Crippen LogP contribution is 2.17. The van der Waals surface area contributed by atoms with Crippen LogP contribution in [0.25, 0.3) is 0 Å². The number of amides is 1. The van der Waals surface area contributed by atoms with E-state index in [9.17, 15) is 4.79 Å². The number of anilines is 1. The standard InChI is InChI=1S/C18H20ClN5O2/c1-13-8-14(2)24(22-13)7-6-18(25)21-16-10-20-23(11-16)12-26-17-5-3-4-15(19)9-17/h3-5,8-11H,6-7,12H2,1-2H3,(H,21,25). The third kappa shape index (κ3) is 4.86. The van der Waals surface area contributed by atoms with Crippen molar-refractivity contribution in [2.45, 2.75) is 33.5 Å². The number of nitrogens with one attached hydrogen (secondary N) is 1. The predicted octanol–water partition coefficient (Wildman–Crippen LogP) is 3.42. The Morgan fingerprint density at radius 1 is 1.31 bits per heavy atom. The van der Waals surface area contributed by atoms with Crippen molar-refractivity contribution >= 4 is 23.2 Å². The summed E-state index contributed by atoms with van der Waals surface area (Å²) in [6.07, 6.45) is 3.64. The monoisotopic (exact) mass is 373 g/mol. The van der Waals surface area contributed by atoms with Gasteiger partial charge in [0.1, 0.15) is 5.75 Å². The molecule has 0 aliphatic heterocycles. The lowest BCUT2D eigenvalue weighted by Gasteiger charge is -2.06. The maximum atomic E-state index is 12.1. The zero-order valence-corrected chi connectivity index (χ0v) is 15.4. The van der Waals surface area contributed by atoms with E-state index in [-0.39, 0.29) is 12.6 Å². The summed E-state index contributed by atoms with van der Waals surface area (Å²) in [6, 6.07) is 9.13. The number of nitrogens with zero attached hydrogens (tertiary/aromatic N) is 4. The third-order valence-electron chi connectivity index (χ3n) is 3.73. The van der Waals surface area contributed by atoms with Crippen molar-refractivity contribution in [3.8, 4) is 5.75 Å². The van der Waals surface area contributed by atoms with E-state index >= 15 is 0 Å². The van der Waals surface area contributed by atoms with Gasteiger partial charge >= 0.3 is 0 Å². The van der Waals surface area contributed by atoms with Crippen molar-refractivity contribution in [3.63, 3.8) is 0 Å². The molecule has 8 heteroatoms. The Kier molecular flexibility index (Phi) is 5.58. The molecule has 0 saturated heterocycles. The summed E-state index contributed by atoms with van der Waals surface area (Å²) >= 11 is 5.92. The molecule has 0 fully saturated rings. The molecule has 3 rings (SSSR count). The van der Waals surface area contributed by atoms with Crippen LogP contribution in [0.1, 0.15) is 17.8 Å². The molecule has 2 aromatic heterocycles. The fraction of sp³-hybridized carbons (Fsp3) is 0.278. The average molecular weight is 374 g/mol. The van der Waals surface area contributed by atoms with E-state index in [4.69, 9.17) is 16.3 Å². The van der Waals surface area contributed by atoms with Gasteiger partial charge in [0.25, 0.3) is 0 Å². The van der Waals surface area contributed by atoms with E-state index < -0.39 is 0 Å². The van der Waals surface area contributed by atoms with Crippen molar-refractivity contribution in [2.75, 3.05) is 5.32 Å². The lowest BCUT2D eigenvalue weighted by Crippen LogP contribution is -2.15. The molecule has 26 heavy (non-hydrogen) atoms. The minimum Gasteiger partial charge on any atom is -0.471 e. The molecule has 0 atom stereocenters. The zero-order chi connectivity index (χ0) is 18.5. The first-order chi connectivity index (χ1) is 12.5. The summed E-state index contributed by atoms with van der Waals surface area (Å²) < 4.78 is 9.03. The van der Waals surface area contributed by atoms with E-state index in [1.807, 2.05) is 36.7 Å².